The molecule has 1 heterocycles. The Balaban J connectivity index is 2.04. The molecule has 4 nitrogen and oxygen atoms in total. The highest BCUT2D eigenvalue weighted by Crippen LogP contribution is 2.29. The normalized spacial score (nSPS) is 13.7. The molecule has 18 heavy (non-hydrogen) atoms. The second-order valence-corrected chi connectivity index (χ2v) is 4.32. The van der Waals surface area contributed by atoms with Crippen molar-refractivity contribution in [2.24, 2.45) is 5.10 Å². The second-order valence-electron chi connectivity index (χ2n) is 3.89. The fourth-order valence-corrected chi connectivity index (χ4v) is 2.03. The second kappa shape index (κ2) is 4.33. The van der Waals surface area contributed by atoms with E-state index in [4.69, 9.17) is 11.6 Å². The van der Waals surface area contributed by atoms with E-state index in [-0.39, 0.29) is 0 Å². The van der Waals surface area contributed by atoms with Gasteiger partial charge in [-0.05, 0) is 24.3 Å². The van der Waals surface area contributed by atoms with Crippen molar-refractivity contribution in [1.29, 1.82) is 0 Å². The average molecular weight is 260 g/mol. The number of para-hydroxylation sites is 2. The zero-order valence-corrected chi connectivity index (χ0v) is 10.1. The van der Waals surface area contributed by atoms with E-state index in [1.54, 1.807) is 12.1 Å². The molecule has 1 aliphatic rings. The van der Waals surface area contributed by atoms with E-state index in [2.05, 4.69) is 10.5 Å². The summed E-state index contributed by atoms with van der Waals surface area (Å²) in [5.74, 6) is 0.413. The van der Waals surface area contributed by atoms with Gasteiger partial charge in [0.1, 0.15) is 0 Å². The van der Waals surface area contributed by atoms with Crippen LogP contribution in [-0.2, 0) is 0 Å². The van der Waals surface area contributed by atoms with Crippen LogP contribution in [0.5, 0.6) is 0 Å². The van der Waals surface area contributed by atoms with Gasteiger partial charge in [-0.1, -0.05) is 35.9 Å². The molecule has 1 aliphatic heterocycles. The molecule has 2 aromatic carbocycles. The van der Waals surface area contributed by atoms with E-state index in [1.807, 2.05) is 36.4 Å². The molecule has 2 aromatic rings. The molecule has 0 fully saturated rings. The number of nitrogens with one attached hydrogen (secondary N) is 1. The number of rotatable bonds is 1. The summed E-state index contributed by atoms with van der Waals surface area (Å²) in [6.07, 6.45) is 0. The molecule has 0 bridgehead atoms. The van der Waals surface area contributed by atoms with Crippen LogP contribution in [0.25, 0.3) is 0 Å². The summed E-state index contributed by atoms with van der Waals surface area (Å²) in [5.41, 5.74) is 5.06. The molecule has 0 aliphatic carbocycles. The third kappa shape index (κ3) is 1.81. The van der Waals surface area contributed by atoms with Crippen LogP contribution >= 0.6 is 11.6 Å². The Labute approximate surface area is 109 Å². The standard InChI is InChI=1S/C13H10ClN3O/c14-10-5-3-4-9(8-10)13-16-15-11-6-1-2-7-12(11)17(13)18/h1-8,15,18H. The lowest BCUT2D eigenvalue weighted by Gasteiger charge is -2.25. The maximum absolute atomic E-state index is 10.2. The van der Waals surface area contributed by atoms with Crippen LogP contribution in [0.1, 0.15) is 5.56 Å². The average Bonchev–Trinajstić information content (AvgIpc) is 2.39. The zero-order chi connectivity index (χ0) is 12.5. The van der Waals surface area contributed by atoms with Crippen molar-refractivity contribution in [1.82, 2.24) is 0 Å². The molecule has 0 saturated carbocycles. The number of hydrogen-bond acceptors (Lipinski definition) is 4. The molecule has 2 N–H and O–H groups in total. The van der Waals surface area contributed by atoms with Crippen molar-refractivity contribution in [2.75, 3.05) is 10.5 Å². The first-order chi connectivity index (χ1) is 8.75. The first kappa shape index (κ1) is 11.1. The van der Waals surface area contributed by atoms with E-state index in [9.17, 15) is 5.21 Å². The van der Waals surface area contributed by atoms with Gasteiger partial charge in [0.15, 0.2) is 5.84 Å². The predicted molar refractivity (Wildman–Crippen MR) is 72.3 cm³/mol. The largest absolute Gasteiger partial charge is 0.282 e. The van der Waals surface area contributed by atoms with E-state index in [1.165, 1.54) is 0 Å². The Hall–Kier alpha value is -2.04. The van der Waals surface area contributed by atoms with Gasteiger partial charge in [-0.15, -0.1) is 0 Å². The van der Waals surface area contributed by atoms with Gasteiger partial charge in [0, 0.05) is 10.6 Å². The van der Waals surface area contributed by atoms with Gasteiger partial charge in [0.2, 0.25) is 0 Å². The van der Waals surface area contributed by atoms with Crippen LogP contribution in [-0.4, -0.2) is 11.0 Å². The van der Waals surface area contributed by atoms with Crippen molar-refractivity contribution in [3.63, 3.8) is 0 Å². The number of anilines is 2. The maximum atomic E-state index is 10.2. The van der Waals surface area contributed by atoms with Crippen molar-refractivity contribution in [2.45, 2.75) is 0 Å². The molecule has 3 rings (SSSR count). The van der Waals surface area contributed by atoms with E-state index >= 15 is 0 Å². The van der Waals surface area contributed by atoms with Crippen LogP contribution in [0, 0.1) is 0 Å². The molecule has 5 heteroatoms. The Morgan fingerprint density at radius 2 is 1.94 bits per heavy atom. The molecular weight excluding hydrogens is 250 g/mol. The van der Waals surface area contributed by atoms with Gasteiger partial charge < -0.3 is 0 Å². The first-order valence-electron chi connectivity index (χ1n) is 5.43. The molecule has 0 aromatic heterocycles. The number of hydrazone groups is 1. The van der Waals surface area contributed by atoms with Gasteiger partial charge in [0.25, 0.3) is 0 Å². The number of fused-ring (bicyclic) bond motifs is 1. The number of hydrogen-bond donors (Lipinski definition) is 2. The minimum absolute atomic E-state index is 0.413. The van der Waals surface area contributed by atoms with Gasteiger partial charge in [-0.3, -0.25) is 10.6 Å². The Morgan fingerprint density at radius 3 is 2.78 bits per heavy atom. The molecule has 90 valence electrons. The predicted octanol–water partition coefficient (Wildman–Crippen LogP) is 3.32. The lowest BCUT2D eigenvalue weighted by Crippen LogP contribution is -2.32. The van der Waals surface area contributed by atoms with Crippen molar-refractivity contribution < 1.29 is 5.21 Å². The molecule has 0 atom stereocenters. The van der Waals surface area contributed by atoms with E-state index in [0.717, 1.165) is 16.3 Å². The highest BCUT2D eigenvalue weighted by molar-refractivity contribution is 6.31. The Morgan fingerprint density at radius 1 is 1.11 bits per heavy atom. The topological polar surface area (TPSA) is 47.9 Å². The van der Waals surface area contributed by atoms with Crippen molar-refractivity contribution in [3.05, 3.63) is 59.1 Å². The maximum Gasteiger partial charge on any atom is 0.184 e. The monoisotopic (exact) mass is 259 g/mol. The summed E-state index contributed by atoms with van der Waals surface area (Å²) in [4.78, 5) is 0. The summed E-state index contributed by atoms with van der Waals surface area (Å²) >= 11 is 5.94. The van der Waals surface area contributed by atoms with Gasteiger partial charge >= 0.3 is 0 Å². The molecule has 0 radical (unpaired) electrons. The number of nitrogens with zero attached hydrogens (tertiary/aromatic N) is 2. The molecule has 0 unspecified atom stereocenters. The van der Waals surface area contributed by atoms with Gasteiger partial charge in [-0.25, -0.2) is 5.06 Å². The third-order valence-corrected chi connectivity index (χ3v) is 2.93. The smallest absolute Gasteiger partial charge is 0.184 e. The van der Waals surface area contributed by atoms with Crippen LogP contribution in [0.15, 0.2) is 53.6 Å². The number of amidine groups is 1. The highest BCUT2D eigenvalue weighted by Gasteiger charge is 2.20. The van der Waals surface area contributed by atoms with Crippen LogP contribution in [0.3, 0.4) is 0 Å². The molecule has 0 amide bonds. The fraction of sp³-hybridized carbons (Fsp3) is 0. The Kier molecular flexibility index (Phi) is 2.66. The van der Waals surface area contributed by atoms with E-state index in [0.29, 0.717) is 16.5 Å². The fourth-order valence-electron chi connectivity index (χ4n) is 1.84. The minimum Gasteiger partial charge on any atom is -0.282 e. The SMILES string of the molecule is ON1C(c2cccc(Cl)c2)=NNc2ccccc21. The van der Waals surface area contributed by atoms with Crippen molar-refractivity contribution in [3.8, 4) is 0 Å². The Bertz CT molecular complexity index is 627. The minimum atomic E-state index is 0.413. The summed E-state index contributed by atoms with van der Waals surface area (Å²) in [7, 11) is 0. The van der Waals surface area contributed by atoms with Gasteiger partial charge in [-0.2, -0.15) is 5.10 Å². The molecule has 0 saturated heterocycles. The van der Waals surface area contributed by atoms with Crippen LogP contribution < -0.4 is 10.5 Å². The molecule has 0 spiro atoms. The lowest BCUT2D eigenvalue weighted by atomic mass is 10.1. The summed E-state index contributed by atoms with van der Waals surface area (Å²) in [6, 6.07) is 14.6. The third-order valence-electron chi connectivity index (χ3n) is 2.70. The lowest BCUT2D eigenvalue weighted by molar-refractivity contribution is 0.312. The van der Waals surface area contributed by atoms with Crippen LogP contribution in [0.4, 0.5) is 11.4 Å². The quantitative estimate of drug-likeness (QED) is 0.826. The first-order valence-corrected chi connectivity index (χ1v) is 5.81. The number of hydroxylamine groups is 1. The highest BCUT2D eigenvalue weighted by atomic mass is 35.5. The summed E-state index contributed by atoms with van der Waals surface area (Å²) < 4.78 is 0. The summed E-state index contributed by atoms with van der Waals surface area (Å²) in [6.45, 7) is 0. The van der Waals surface area contributed by atoms with Crippen molar-refractivity contribution >= 4 is 28.8 Å². The van der Waals surface area contributed by atoms with Gasteiger partial charge in [0.05, 0.1) is 11.4 Å². The summed E-state index contributed by atoms with van der Waals surface area (Å²) in [5, 5.41) is 16.0. The number of benzene rings is 2. The zero-order valence-electron chi connectivity index (χ0n) is 9.34. The van der Waals surface area contributed by atoms with Crippen LogP contribution in [0.2, 0.25) is 5.02 Å². The molecular formula is C13H10ClN3O. The van der Waals surface area contributed by atoms with E-state index < -0.39 is 0 Å². The number of halogens is 1.